The van der Waals surface area contributed by atoms with Crippen LogP contribution in [-0.2, 0) is 25.7 Å². The van der Waals surface area contributed by atoms with Crippen molar-refractivity contribution in [1.29, 1.82) is 0 Å². The summed E-state index contributed by atoms with van der Waals surface area (Å²) in [5.41, 5.74) is 0.989. The smallest absolute Gasteiger partial charge is 0.316 e. The number of amides is 2. The predicted molar refractivity (Wildman–Crippen MR) is 101 cm³/mol. The zero-order valence-corrected chi connectivity index (χ0v) is 16.0. The van der Waals surface area contributed by atoms with Gasteiger partial charge in [-0.2, -0.15) is 0 Å². The number of ether oxygens (including phenoxy) is 1. The minimum absolute atomic E-state index is 0.0268. The Morgan fingerprint density at radius 3 is 2.63 bits per heavy atom. The molecule has 0 aliphatic heterocycles. The molecule has 0 fully saturated rings. The van der Waals surface area contributed by atoms with E-state index < -0.39 is 5.97 Å². The Balaban J connectivity index is 1.61. The van der Waals surface area contributed by atoms with Crippen LogP contribution < -0.4 is 5.32 Å². The second-order valence-corrected chi connectivity index (χ2v) is 6.75. The molecule has 1 heterocycles. The molecule has 2 amide bonds. The highest BCUT2D eigenvalue weighted by Crippen LogP contribution is 2.09. The van der Waals surface area contributed by atoms with E-state index in [0.717, 1.165) is 17.3 Å². The molecule has 0 spiro atoms. The maximum absolute atomic E-state index is 12.0. The Morgan fingerprint density at radius 1 is 1.22 bits per heavy atom. The van der Waals surface area contributed by atoms with Crippen LogP contribution in [0.4, 0.5) is 5.82 Å². The van der Waals surface area contributed by atoms with Gasteiger partial charge in [-0.3, -0.25) is 14.4 Å². The van der Waals surface area contributed by atoms with Crippen LogP contribution in [0.3, 0.4) is 0 Å². The number of rotatable bonds is 9. The number of carbonyl (C=O) groups excluding carboxylic acids is 3. The van der Waals surface area contributed by atoms with Crippen molar-refractivity contribution >= 4 is 35.4 Å². The van der Waals surface area contributed by atoms with Crippen molar-refractivity contribution in [3.8, 4) is 0 Å². The summed E-state index contributed by atoms with van der Waals surface area (Å²) in [6.45, 7) is 1.83. The zero-order valence-electron chi connectivity index (χ0n) is 15.1. The van der Waals surface area contributed by atoms with Crippen LogP contribution in [0.5, 0.6) is 0 Å². The minimum Gasteiger partial charge on any atom is -0.455 e. The second kappa shape index (κ2) is 10.4. The fourth-order valence-corrected chi connectivity index (χ4v) is 2.68. The molecule has 0 saturated carbocycles. The number of anilines is 1. The monoisotopic (exact) mass is 391 g/mol. The first-order chi connectivity index (χ1) is 12.9. The van der Waals surface area contributed by atoms with E-state index in [1.165, 1.54) is 4.90 Å². The number of hydrogen-bond donors (Lipinski definition) is 1. The molecular weight excluding hydrogens is 370 g/mol. The predicted octanol–water partition coefficient (Wildman–Crippen LogP) is 1.86. The summed E-state index contributed by atoms with van der Waals surface area (Å²) in [5, 5.41) is 6.19. The summed E-state index contributed by atoms with van der Waals surface area (Å²) < 4.78 is 9.79. The van der Waals surface area contributed by atoms with Crippen LogP contribution >= 0.6 is 11.8 Å². The molecule has 9 heteroatoms. The molecule has 0 atom stereocenters. The number of benzene rings is 1. The van der Waals surface area contributed by atoms with Gasteiger partial charge in [-0.05, 0) is 12.5 Å². The highest BCUT2D eigenvalue weighted by molar-refractivity contribution is 8.00. The lowest BCUT2D eigenvalue weighted by molar-refractivity contribution is -0.149. The standard InChI is InChI=1S/C18H21N3O5S/c1-13-8-15(20-26-13)19-16(22)11-27-12-18(24)25-10-17(23)21(2)9-14-6-4-3-5-7-14/h3-8H,9-12H2,1-2H3,(H,19,20,22). The van der Waals surface area contributed by atoms with E-state index >= 15 is 0 Å². The quantitative estimate of drug-likeness (QED) is 0.651. The fourth-order valence-electron chi connectivity index (χ4n) is 2.07. The molecule has 0 saturated heterocycles. The van der Waals surface area contributed by atoms with Crippen molar-refractivity contribution in [2.75, 3.05) is 30.5 Å². The van der Waals surface area contributed by atoms with Crippen LogP contribution in [0.15, 0.2) is 40.9 Å². The maximum Gasteiger partial charge on any atom is 0.316 e. The number of aromatic nitrogens is 1. The summed E-state index contributed by atoms with van der Waals surface area (Å²) in [6.07, 6.45) is 0. The number of thioether (sulfide) groups is 1. The van der Waals surface area contributed by atoms with Crippen molar-refractivity contribution in [3.63, 3.8) is 0 Å². The van der Waals surface area contributed by atoms with Gasteiger partial charge in [0, 0.05) is 19.7 Å². The molecule has 144 valence electrons. The van der Waals surface area contributed by atoms with Crippen molar-refractivity contribution in [1.82, 2.24) is 10.1 Å². The van der Waals surface area contributed by atoms with E-state index in [-0.39, 0.29) is 29.9 Å². The highest BCUT2D eigenvalue weighted by Gasteiger charge is 2.13. The van der Waals surface area contributed by atoms with Crippen LogP contribution in [0, 0.1) is 6.92 Å². The SMILES string of the molecule is Cc1cc(NC(=O)CSCC(=O)OCC(=O)N(C)Cc2ccccc2)no1. The van der Waals surface area contributed by atoms with E-state index in [1.54, 1.807) is 20.0 Å². The normalized spacial score (nSPS) is 10.3. The average molecular weight is 391 g/mol. The van der Waals surface area contributed by atoms with Gasteiger partial charge in [0.2, 0.25) is 5.91 Å². The molecule has 8 nitrogen and oxygen atoms in total. The lowest BCUT2D eigenvalue weighted by Gasteiger charge is -2.17. The number of carbonyl (C=O) groups is 3. The van der Waals surface area contributed by atoms with Crippen LogP contribution in [0.25, 0.3) is 0 Å². The molecule has 0 aliphatic rings. The molecule has 1 aromatic carbocycles. The Kier molecular flexibility index (Phi) is 7.87. The lowest BCUT2D eigenvalue weighted by Crippen LogP contribution is -2.31. The molecule has 0 radical (unpaired) electrons. The maximum atomic E-state index is 12.0. The van der Waals surface area contributed by atoms with E-state index in [0.29, 0.717) is 18.1 Å². The molecular formula is C18H21N3O5S. The number of nitrogens with zero attached hydrogens (tertiary/aromatic N) is 2. The van der Waals surface area contributed by atoms with Gasteiger partial charge >= 0.3 is 5.97 Å². The third kappa shape index (κ3) is 7.53. The molecule has 2 rings (SSSR count). The fraction of sp³-hybridized carbons (Fsp3) is 0.333. The first-order valence-electron chi connectivity index (χ1n) is 8.18. The van der Waals surface area contributed by atoms with Gasteiger partial charge < -0.3 is 19.5 Å². The summed E-state index contributed by atoms with van der Waals surface area (Å²) >= 11 is 1.09. The summed E-state index contributed by atoms with van der Waals surface area (Å²) in [5.74, 6) is -0.206. The summed E-state index contributed by atoms with van der Waals surface area (Å²) in [4.78, 5) is 36.9. The van der Waals surface area contributed by atoms with Gasteiger partial charge in [-0.15, -0.1) is 11.8 Å². The van der Waals surface area contributed by atoms with Crippen LogP contribution in [-0.4, -0.2) is 53.0 Å². The van der Waals surface area contributed by atoms with Gasteiger partial charge in [-0.25, -0.2) is 0 Å². The third-order valence-corrected chi connectivity index (χ3v) is 4.30. The molecule has 1 N–H and O–H groups in total. The Bertz CT molecular complexity index is 778. The van der Waals surface area contributed by atoms with Crippen molar-refractivity contribution in [3.05, 3.63) is 47.7 Å². The summed E-state index contributed by atoms with van der Waals surface area (Å²) in [7, 11) is 1.65. The van der Waals surface area contributed by atoms with Gasteiger partial charge in [0.1, 0.15) is 5.76 Å². The van der Waals surface area contributed by atoms with E-state index in [1.807, 2.05) is 30.3 Å². The topological polar surface area (TPSA) is 102 Å². The van der Waals surface area contributed by atoms with E-state index in [2.05, 4.69) is 10.5 Å². The largest absolute Gasteiger partial charge is 0.455 e. The number of nitrogens with one attached hydrogen (secondary N) is 1. The molecule has 0 bridgehead atoms. The van der Waals surface area contributed by atoms with Gasteiger partial charge in [-0.1, -0.05) is 35.5 Å². The first-order valence-corrected chi connectivity index (χ1v) is 9.34. The Labute approximate surface area is 161 Å². The Morgan fingerprint density at radius 2 is 1.96 bits per heavy atom. The molecule has 0 aliphatic carbocycles. The Hall–Kier alpha value is -2.81. The van der Waals surface area contributed by atoms with Crippen molar-refractivity contribution in [2.45, 2.75) is 13.5 Å². The summed E-state index contributed by atoms with van der Waals surface area (Å²) in [6, 6.07) is 11.1. The number of likely N-dealkylation sites (N-methyl/N-ethyl adjacent to an activating group) is 1. The van der Waals surface area contributed by atoms with Gasteiger partial charge in [0.15, 0.2) is 12.4 Å². The lowest BCUT2D eigenvalue weighted by atomic mass is 10.2. The number of aryl methyl sites for hydroxylation is 1. The molecule has 0 unspecified atom stereocenters. The average Bonchev–Trinajstić information content (AvgIpc) is 3.05. The number of hydrogen-bond acceptors (Lipinski definition) is 7. The molecule has 2 aromatic rings. The van der Waals surface area contributed by atoms with Gasteiger partial charge in [0.05, 0.1) is 11.5 Å². The molecule has 27 heavy (non-hydrogen) atoms. The molecule has 1 aromatic heterocycles. The zero-order chi connectivity index (χ0) is 19.6. The van der Waals surface area contributed by atoms with E-state index in [4.69, 9.17) is 9.26 Å². The highest BCUT2D eigenvalue weighted by atomic mass is 32.2. The third-order valence-electron chi connectivity index (χ3n) is 3.39. The van der Waals surface area contributed by atoms with Crippen molar-refractivity contribution < 1.29 is 23.6 Å². The van der Waals surface area contributed by atoms with Crippen molar-refractivity contribution in [2.24, 2.45) is 0 Å². The minimum atomic E-state index is -0.549. The first kappa shape index (κ1) is 20.5. The van der Waals surface area contributed by atoms with Crippen LogP contribution in [0.1, 0.15) is 11.3 Å². The van der Waals surface area contributed by atoms with Gasteiger partial charge in [0.25, 0.3) is 5.91 Å². The van der Waals surface area contributed by atoms with E-state index in [9.17, 15) is 14.4 Å². The number of esters is 1. The second-order valence-electron chi connectivity index (χ2n) is 5.76. The van der Waals surface area contributed by atoms with Crippen LogP contribution in [0.2, 0.25) is 0 Å².